The highest BCUT2D eigenvalue weighted by molar-refractivity contribution is 5.78. The molecule has 1 aromatic heterocycles. The van der Waals surface area contributed by atoms with Crippen LogP contribution in [0.3, 0.4) is 0 Å². The Hall–Kier alpha value is -1.62. The minimum Gasteiger partial charge on any atom is -0.397 e. The predicted octanol–water partition coefficient (Wildman–Crippen LogP) is 0.580. The predicted molar refractivity (Wildman–Crippen MR) is 68.8 cm³/mol. The molecule has 0 aliphatic heterocycles. The molecule has 1 saturated carbocycles. The van der Waals surface area contributed by atoms with E-state index < -0.39 is 0 Å². The first-order valence-electron chi connectivity index (χ1n) is 6.31. The summed E-state index contributed by atoms with van der Waals surface area (Å²) in [6, 6.07) is 3.82. The Morgan fingerprint density at radius 3 is 2.78 bits per heavy atom. The van der Waals surface area contributed by atoms with Crippen molar-refractivity contribution in [2.75, 3.05) is 18.9 Å². The quantitative estimate of drug-likeness (QED) is 0.800. The first kappa shape index (κ1) is 12.8. The molecular formula is C13H19N3O2. The molecule has 1 heterocycles. The fourth-order valence-electron chi connectivity index (χ4n) is 2.11. The Morgan fingerprint density at radius 2 is 2.28 bits per heavy atom. The van der Waals surface area contributed by atoms with E-state index in [9.17, 15) is 4.79 Å². The van der Waals surface area contributed by atoms with E-state index in [2.05, 4.69) is 4.98 Å². The highest BCUT2D eigenvalue weighted by atomic mass is 16.3. The molecule has 2 rings (SSSR count). The molecule has 5 nitrogen and oxygen atoms in total. The number of nitrogens with two attached hydrogens (primary N) is 1. The van der Waals surface area contributed by atoms with Crippen LogP contribution >= 0.6 is 0 Å². The van der Waals surface area contributed by atoms with Crippen LogP contribution in [0.1, 0.15) is 25.0 Å². The van der Waals surface area contributed by atoms with Gasteiger partial charge in [0.05, 0.1) is 24.9 Å². The Balaban J connectivity index is 1.97. The van der Waals surface area contributed by atoms with Gasteiger partial charge < -0.3 is 15.7 Å². The fraction of sp³-hybridized carbons (Fsp3) is 0.538. The minimum absolute atomic E-state index is 0.0113. The number of aliphatic hydroxyl groups excluding tert-OH is 1. The van der Waals surface area contributed by atoms with E-state index in [0.717, 1.165) is 18.5 Å². The number of nitrogen functional groups attached to an aromatic ring is 1. The number of aliphatic hydroxyl groups is 1. The monoisotopic (exact) mass is 249 g/mol. The van der Waals surface area contributed by atoms with Crippen LogP contribution in [-0.2, 0) is 11.2 Å². The van der Waals surface area contributed by atoms with Gasteiger partial charge in [-0.15, -0.1) is 0 Å². The number of carbonyl (C=O) groups excluding carboxylic acids is 1. The summed E-state index contributed by atoms with van der Waals surface area (Å²) in [6.45, 7) is 0.426. The summed E-state index contributed by atoms with van der Waals surface area (Å²) in [6.07, 6.45) is 5.08. The van der Waals surface area contributed by atoms with Gasteiger partial charge in [0, 0.05) is 18.3 Å². The maximum atomic E-state index is 12.2. The van der Waals surface area contributed by atoms with Crippen molar-refractivity contribution in [3.8, 4) is 0 Å². The normalized spacial score (nSPS) is 15.2. The standard InChI is InChI=1S/C13H19N3O2/c14-10-4-5-11(15-9-10)8-13(18)16(6-7-17)12-2-1-3-12/h4-5,9,12,17H,1-3,6-8,14H2. The Bertz CT molecular complexity index is 401. The minimum atomic E-state index is 0.0113. The second-order valence-corrected chi connectivity index (χ2v) is 4.66. The van der Waals surface area contributed by atoms with Gasteiger partial charge in [0.2, 0.25) is 5.91 Å². The van der Waals surface area contributed by atoms with E-state index in [-0.39, 0.29) is 18.9 Å². The van der Waals surface area contributed by atoms with Crippen LogP contribution in [0.5, 0.6) is 0 Å². The van der Waals surface area contributed by atoms with Crippen molar-refractivity contribution >= 4 is 11.6 Å². The van der Waals surface area contributed by atoms with Crippen LogP contribution in [0.4, 0.5) is 5.69 Å². The second kappa shape index (κ2) is 5.82. The summed E-state index contributed by atoms with van der Waals surface area (Å²) < 4.78 is 0. The zero-order valence-corrected chi connectivity index (χ0v) is 10.4. The first-order chi connectivity index (χ1) is 8.70. The van der Waals surface area contributed by atoms with Crippen molar-refractivity contribution in [1.29, 1.82) is 0 Å². The number of aromatic nitrogens is 1. The molecule has 18 heavy (non-hydrogen) atoms. The number of amides is 1. The van der Waals surface area contributed by atoms with Crippen LogP contribution in [0.15, 0.2) is 18.3 Å². The topological polar surface area (TPSA) is 79.5 Å². The first-order valence-corrected chi connectivity index (χ1v) is 6.31. The highest BCUT2D eigenvalue weighted by Gasteiger charge is 2.28. The van der Waals surface area contributed by atoms with Gasteiger partial charge in [0.15, 0.2) is 0 Å². The van der Waals surface area contributed by atoms with Crippen LogP contribution in [0.2, 0.25) is 0 Å². The SMILES string of the molecule is Nc1ccc(CC(=O)N(CCO)C2CCC2)nc1. The summed E-state index contributed by atoms with van der Waals surface area (Å²) in [5, 5.41) is 9.03. The largest absolute Gasteiger partial charge is 0.397 e. The summed E-state index contributed by atoms with van der Waals surface area (Å²) in [4.78, 5) is 18.1. The van der Waals surface area contributed by atoms with E-state index in [1.807, 2.05) is 0 Å². The lowest BCUT2D eigenvalue weighted by Crippen LogP contribution is -2.46. The van der Waals surface area contributed by atoms with Gasteiger partial charge >= 0.3 is 0 Å². The zero-order valence-electron chi connectivity index (χ0n) is 10.4. The van der Waals surface area contributed by atoms with Crippen LogP contribution in [-0.4, -0.2) is 40.1 Å². The molecule has 3 N–H and O–H groups in total. The molecule has 1 aromatic rings. The van der Waals surface area contributed by atoms with E-state index in [0.29, 0.717) is 18.3 Å². The third kappa shape index (κ3) is 2.98. The molecule has 98 valence electrons. The Labute approximate surface area is 107 Å². The average molecular weight is 249 g/mol. The number of rotatable bonds is 5. The van der Waals surface area contributed by atoms with Crippen LogP contribution < -0.4 is 5.73 Å². The van der Waals surface area contributed by atoms with Gasteiger partial charge in [0.1, 0.15) is 0 Å². The number of nitrogens with zero attached hydrogens (tertiary/aromatic N) is 2. The van der Waals surface area contributed by atoms with Crippen molar-refractivity contribution in [2.24, 2.45) is 0 Å². The van der Waals surface area contributed by atoms with Gasteiger partial charge in [-0.2, -0.15) is 0 Å². The van der Waals surface area contributed by atoms with Crippen LogP contribution in [0.25, 0.3) is 0 Å². The van der Waals surface area contributed by atoms with Gasteiger partial charge in [-0.1, -0.05) is 0 Å². The van der Waals surface area contributed by atoms with Crippen molar-refractivity contribution < 1.29 is 9.90 Å². The van der Waals surface area contributed by atoms with Gasteiger partial charge in [0.25, 0.3) is 0 Å². The number of anilines is 1. The maximum absolute atomic E-state index is 12.2. The molecule has 0 atom stereocenters. The zero-order chi connectivity index (χ0) is 13.0. The van der Waals surface area contributed by atoms with Crippen LogP contribution in [0, 0.1) is 0 Å². The molecule has 1 amide bonds. The lowest BCUT2D eigenvalue weighted by atomic mass is 9.91. The molecule has 1 fully saturated rings. The summed E-state index contributed by atoms with van der Waals surface area (Å²) in [5.41, 5.74) is 6.87. The van der Waals surface area contributed by atoms with E-state index >= 15 is 0 Å². The van der Waals surface area contributed by atoms with E-state index in [1.54, 1.807) is 23.2 Å². The van der Waals surface area contributed by atoms with Gasteiger partial charge in [-0.25, -0.2) is 0 Å². The molecule has 0 saturated heterocycles. The average Bonchev–Trinajstić information content (AvgIpc) is 2.29. The molecule has 0 bridgehead atoms. The molecule has 0 unspecified atom stereocenters. The third-order valence-corrected chi connectivity index (χ3v) is 3.36. The number of hydrogen-bond acceptors (Lipinski definition) is 4. The molecule has 5 heteroatoms. The maximum Gasteiger partial charge on any atom is 0.228 e. The number of carbonyl (C=O) groups is 1. The van der Waals surface area contributed by atoms with Gasteiger partial charge in [-0.3, -0.25) is 9.78 Å². The Morgan fingerprint density at radius 1 is 1.50 bits per heavy atom. The second-order valence-electron chi connectivity index (χ2n) is 4.66. The smallest absolute Gasteiger partial charge is 0.228 e. The Kier molecular flexibility index (Phi) is 4.15. The third-order valence-electron chi connectivity index (χ3n) is 3.36. The molecule has 0 spiro atoms. The van der Waals surface area contributed by atoms with Crippen molar-refractivity contribution in [3.05, 3.63) is 24.0 Å². The summed E-state index contributed by atoms with van der Waals surface area (Å²) >= 11 is 0. The number of hydrogen-bond donors (Lipinski definition) is 2. The highest BCUT2D eigenvalue weighted by Crippen LogP contribution is 2.25. The fourth-order valence-corrected chi connectivity index (χ4v) is 2.11. The summed E-state index contributed by atoms with van der Waals surface area (Å²) in [5.74, 6) is 0.0334. The number of pyridine rings is 1. The lowest BCUT2D eigenvalue weighted by molar-refractivity contribution is -0.135. The van der Waals surface area contributed by atoms with Gasteiger partial charge in [-0.05, 0) is 31.4 Å². The molecule has 1 aliphatic rings. The van der Waals surface area contributed by atoms with Crippen molar-refractivity contribution in [2.45, 2.75) is 31.7 Å². The van der Waals surface area contributed by atoms with E-state index in [4.69, 9.17) is 10.8 Å². The lowest BCUT2D eigenvalue weighted by Gasteiger charge is -2.37. The van der Waals surface area contributed by atoms with Crippen molar-refractivity contribution in [1.82, 2.24) is 9.88 Å². The molecule has 0 aromatic carbocycles. The van der Waals surface area contributed by atoms with E-state index in [1.165, 1.54) is 6.42 Å². The molecule has 0 radical (unpaired) electrons. The molecule has 1 aliphatic carbocycles. The summed E-state index contributed by atoms with van der Waals surface area (Å²) in [7, 11) is 0. The molecular weight excluding hydrogens is 230 g/mol. The van der Waals surface area contributed by atoms with Crippen molar-refractivity contribution in [3.63, 3.8) is 0 Å².